The van der Waals surface area contributed by atoms with E-state index in [-0.39, 0.29) is 10.7 Å². The van der Waals surface area contributed by atoms with Crippen molar-refractivity contribution in [2.75, 3.05) is 5.32 Å². The van der Waals surface area contributed by atoms with Crippen LogP contribution >= 0.6 is 34.8 Å². The maximum absolute atomic E-state index is 14.0. The summed E-state index contributed by atoms with van der Waals surface area (Å²) in [7, 11) is 0. The van der Waals surface area contributed by atoms with E-state index in [2.05, 4.69) is 5.32 Å². The van der Waals surface area contributed by atoms with Crippen LogP contribution in [-0.4, -0.2) is 28.7 Å². The fraction of sp³-hybridized carbons (Fsp3) is 0.250. The first-order chi connectivity index (χ1) is 18.3. The number of imide groups is 1. The van der Waals surface area contributed by atoms with Crippen LogP contribution in [0.2, 0.25) is 5.02 Å². The van der Waals surface area contributed by atoms with Gasteiger partial charge in [0.05, 0.1) is 28.1 Å². The van der Waals surface area contributed by atoms with E-state index in [4.69, 9.17) is 34.8 Å². The molecule has 3 aromatic carbocycles. The van der Waals surface area contributed by atoms with Crippen LogP contribution in [0.1, 0.15) is 34.7 Å². The van der Waals surface area contributed by atoms with Crippen molar-refractivity contribution in [3.8, 4) is 0 Å². The Kier molecular flexibility index (Phi) is 5.68. The van der Waals surface area contributed by atoms with Crippen molar-refractivity contribution in [3.05, 3.63) is 99.6 Å². The second kappa shape index (κ2) is 8.46. The summed E-state index contributed by atoms with van der Waals surface area (Å²) in [5.41, 5.74) is 1.11. The monoisotopic (exact) mass is 592 g/mol. The number of hydrogen-bond donors (Lipinski definition) is 1. The van der Waals surface area contributed by atoms with Gasteiger partial charge < -0.3 is 5.32 Å². The molecule has 0 unspecified atom stereocenters. The summed E-state index contributed by atoms with van der Waals surface area (Å²) in [6, 6.07) is 15.3. The molecule has 1 N–H and O–H groups in total. The molecule has 0 saturated carbocycles. The summed E-state index contributed by atoms with van der Waals surface area (Å²) in [4.78, 5) is 39.1. The summed E-state index contributed by atoms with van der Waals surface area (Å²) in [6.07, 6.45) is -4.67. The maximum atomic E-state index is 14.0. The van der Waals surface area contributed by atoms with E-state index in [0.717, 1.165) is 17.0 Å². The third-order valence-electron chi connectivity index (χ3n) is 7.94. The molecular formula is C28H18Cl3F3N2O3. The van der Waals surface area contributed by atoms with Gasteiger partial charge in [0.15, 0.2) is 0 Å². The van der Waals surface area contributed by atoms with Crippen molar-refractivity contribution in [2.24, 2.45) is 11.8 Å². The normalized spacial score (nSPS) is 27.6. The summed E-state index contributed by atoms with van der Waals surface area (Å²) in [5.74, 6) is -4.49. The molecule has 5 nitrogen and oxygen atoms in total. The smallest absolute Gasteiger partial charge is 0.323 e. The first-order valence-electron chi connectivity index (χ1n) is 11.9. The highest BCUT2D eigenvalue weighted by atomic mass is 35.5. The van der Waals surface area contributed by atoms with E-state index in [1.54, 1.807) is 48.5 Å². The van der Waals surface area contributed by atoms with E-state index in [1.807, 2.05) is 0 Å². The summed E-state index contributed by atoms with van der Waals surface area (Å²) in [6.45, 7) is 1.31. The van der Waals surface area contributed by atoms with Gasteiger partial charge in [0.2, 0.25) is 17.7 Å². The van der Waals surface area contributed by atoms with E-state index in [9.17, 15) is 27.6 Å². The van der Waals surface area contributed by atoms with Crippen LogP contribution in [-0.2, 0) is 30.3 Å². The number of halogens is 6. The topological polar surface area (TPSA) is 66.5 Å². The Morgan fingerprint density at radius 2 is 1.31 bits per heavy atom. The highest BCUT2D eigenvalue weighted by molar-refractivity contribution is 6.36. The largest absolute Gasteiger partial charge is 0.416 e. The lowest BCUT2D eigenvalue weighted by Gasteiger charge is -2.54. The Balaban J connectivity index is 1.40. The second-order valence-electron chi connectivity index (χ2n) is 9.87. The van der Waals surface area contributed by atoms with Crippen molar-refractivity contribution in [1.82, 2.24) is 4.90 Å². The molecule has 1 fully saturated rings. The second-order valence-corrected chi connectivity index (χ2v) is 11.5. The molecule has 3 aliphatic carbocycles. The number of amides is 3. The van der Waals surface area contributed by atoms with Gasteiger partial charge in [-0.1, -0.05) is 60.1 Å². The Bertz CT molecular complexity index is 1470. The van der Waals surface area contributed by atoms with Gasteiger partial charge in [0.1, 0.15) is 15.8 Å². The average Bonchev–Trinajstić information content (AvgIpc) is 3.18. The number of likely N-dealkylation sites (tertiary alicyclic amines) is 1. The third-order valence-corrected chi connectivity index (χ3v) is 9.55. The van der Waals surface area contributed by atoms with E-state index < -0.39 is 57.1 Å². The number of rotatable bonds is 3. The van der Waals surface area contributed by atoms with Crippen molar-refractivity contribution < 1.29 is 27.6 Å². The first kappa shape index (κ1) is 26.2. The van der Waals surface area contributed by atoms with Gasteiger partial charge >= 0.3 is 6.18 Å². The number of hydrogen-bond acceptors (Lipinski definition) is 3. The van der Waals surface area contributed by atoms with Crippen molar-refractivity contribution in [2.45, 2.75) is 28.9 Å². The minimum absolute atomic E-state index is 0.139. The molecule has 2 bridgehead atoms. The van der Waals surface area contributed by atoms with Gasteiger partial charge in [0.25, 0.3) is 0 Å². The summed E-state index contributed by atoms with van der Waals surface area (Å²) in [5, 5.41) is 2.19. The van der Waals surface area contributed by atoms with Crippen molar-refractivity contribution in [1.29, 1.82) is 0 Å². The molecule has 0 spiro atoms. The molecule has 0 radical (unpaired) electrons. The predicted molar refractivity (Wildman–Crippen MR) is 140 cm³/mol. The van der Waals surface area contributed by atoms with Crippen LogP contribution in [0.4, 0.5) is 18.9 Å². The zero-order valence-corrected chi connectivity index (χ0v) is 22.3. The Labute approximate surface area is 235 Å². The molecular weight excluding hydrogens is 576 g/mol. The fourth-order valence-corrected chi connectivity index (χ4v) is 7.48. The maximum Gasteiger partial charge on any atom is 0.416 e. The highest BCUT2D eigenvalue weighted by Crippen LogP contribution is 2.69. The van der Waals surface area contributed by atoms with Crippen LogP contribution in [0.15, 0.2) is 66.7 Å². The Hall–Kier alpha value is -3.07. The zero-order valence-electron chi connectivity index (χ0n) is 20.0. The molecule has 1 saturated heterocycles. The van der Waals surface area contributed by atoms with Gasteiger partial charge in [-0.05, 0) is 47.4 Å². The zero-order chi connectivity index (χ0) is 28.1. The van der Waals surface area contributed by atoms with Gasteiger partial charge in [0, 0.05) is 0 Å². The van der Waals surface area contributed by atoms with E-state index >= 15 is 0 Å². The molecule has 1 aliphatic heterocycles. The van der Waals surface area contributed by atoms with Crippen molar-refractivity contribution in [3.63, 3.8) is 0 Å². The Morgan fingerprint density at radius 1 is 0.872 bits per heavy atom. The average molecular weight is 594 g/mol. The lowest BCUT2D eigenvalue weighted by atomic mass is 9.54. The molecule has 4 aliphatic rings. The number of carbonyl (C=O) groups is 3. The first-order valence-corrected chi connectivity index (χ1v) is 13.1. The van der Waals surface area contributed by atoms with Crippen LogP contribution in [0.5, 0.6) is 0 Å². The highest BCUT2D eigenvalue weighted by Gasteiger charge is 2.73. The molecule has 11 heteroatoms. The quantitative estimate of drug-likeness (QED) is 0.287. The van der Waals surface area contributed by atoms with Crippen LogP contribution in [0.3, 0.4) is 0 Å². The molecule has 39 heavy (non-hydrogen) atoms. The van der Waals surface area contributed by atoms with Gasteiger partial charge in [-0.25, -0.2) is 0 Å². The summed E-state index contributed by atoms with van der Waals surface area (Å²) < 4.78 is 39.6. The SMILES string of the molecule is C[C@H](C(=O)Nc1cc(C(F)(F)F)ccc1Cl)N1C(=O)[C@@H]2[C@H](C1=O)C1(Cl)c3ccccc3C2(Cl)c2ccccc21. The number of carbonyl (C=O) groups excluding carboxylic acids is 3. The lowest BCUT2D eigenvalue weighted by Crippen LogP contribution is -2.57. The minimum atomic E-state index is -4.67. The Morgan fingerprint density at radius 3 is 1.72 bits per heavy atom. The molecule has 200 valence electrons. The fourth-order valence-electron chi connectivity index (χ4n) is 6.22. The van der Waals surface area contributed by atoms with E-state index in [0.29, 0.717) is 28.3 Å². The lowest BCUT2D eigenvalue weighted by molar-refractivity contribution is -0.146. The predicted octanol–water partition coefficient (Wildman–Crippen LogP) is 6.28. The standard InChI is InChI=1S/C28H18Cl3F3N2O3/c1-13(23(37)35-20-12-14(28(32,33)34)10-11-19(20)29)36-24(38)21-22(25(36)39)27(31)16-7-3-2-6-15(16)26(21,30)17-8-4-5-9-18(17)27/h2-13,21-22H,1H3,(H,35,37)/t13-,21-,22+,26?,27?/m1/s1. The number of benzene rings is 3. The molecule has 7 rings (SSSR count). The number of alkyl halides is 5. The van der Waals surface area contributed by atoms with Gasteiger partial charge in [-0.15, -0.1) is 23.2 Å². The van der Waals surface area contributed by atoms with Gasteiger partial charge in [-0.2, -0.15) is 13.2 Å². The van der Waals surface area contributed by atoms with Crippen molar-refractivity contribution >= 4 is 58.2 Å². The number of nitrogens with zero attached hydrogens (tertiary/aromatic N) is 1. The van der Waals surface area contributed by atoms with Crippen LogP contribution in [0.25, 0.3) is 0 Å². The molecule has 3 atom stereocenters. The molecule has 3 aromatic rings. The molecule has 1 heterocycles. The third kappa shape index (κ3) is 3.38. The van der Waals surface area contributed by atoms with Crippen LogP contribution < -0.4 is 5.32 Å². The number of anilines is 1. The summed E-state index contributed by atoms with van der Waals surface area (Å²) >= 11 is 20.8. The number of nitrogens with one attached hydrogen (secondary N) is 1. The van der Waals surface area contributed by atoms with E-state index in [1.165, 1.54) is 6.92 Å². The minimum Gasteiger partial charge on any atom is -0.323 e. The van der Waals surface area contributed by atoms with Crippen LogP contribution in [0, 0.1) is 11.8 Å². The molecule has 3 amide bonds. The molecule has 0 aromatic heterocycles. The van der Waals surface area contributed by atoms with Gasteiger partial charge in [-0.3, -0.25) is 19.3 Å².